The second kappa shape index (κ2) is 8.00. The van der Waals surface area contributed by atoms with Gasteiger partial charge in [0.2, 0.25) is 0 Å². The molecule has 0 saturated heterocycles. The van der Waals surface area contributed by atoms with E-state index in [9.17, 15) is 0 Å². The van der Waals surface area contributed by atoms with E-state index in [1.54, 1.807) is 0 Å². The lowest BCUT2D eigenvalue weighted by Gasteiger charge is -2.42. The Labute approximate surface area is 136 Å². The molecule has 0 atom stereocenters. The predicted octanol–water partition coefficient (Wildman–Crippen LogP) is 4.68. The molecule has 0 fully saturated rings. The molecule has 0 aromatic carbocycles. The number of rotatable bonds is 10. The number of ether oxygens (including phenoxy) is 1. The van der Waals surface area contributed by atoms with Crippen LogP contribution in [0.5, 0.6) is 0 Å². The highest BCUT2D eigenvalue weighted by molar-refractivity contribution is 6.90. The molecule has 0 bridgehead atoms. The van der Waals surface area contributed by atoms with Gasteiger partial charge in [0.15, 0.2) is 25.0 Å². The normalized spacial score (nSPS) is 14.6. The molecule has 0 unspecified atom stereocenters. The van der Waals surface area contributed by atoms with Gasteiger partial charge in [-0.3, -0.25) is 0 Å². The summed E-state index contributed by atoms with van der Waals surface area (Å²) in [5, 5.41) is 0. The minimum absolute atomic E-state index is 0.619. The van der Waals surface area contributed by atoms with Crippen LogP contribution in [0.15, 0.2) is 0 Å². The maximum Gasteiger partial charge on any atom is 0.469 e. The van der Waals surface area contributed by atoms with Crippen molar-refractivity contribution in [2.24, 2.45) is 0 Å². The van der Waals surface area contributed by atoms with Crippen LogP contribution in [-0.2, 0) is 17.1 Å². The summed E-state index contributed by atoms with van der Waals surface area (Å²) < 4.78 is 24.6. The van der Waals surface area contributed by atoms with E-state index in [-0.39, 0.29) is 0 Å². The van der Waals surface area contributed by atoms with Crippen molar-refractivity contribution in [2.45, 2.75) is 71.4 Å². The van der Waals surface area contributed by atoms with Crippen molar-refractivity contribution >= 4 is 33.8 Å². The first-order chi connectivity index (χ1) is 9.18. The van der Waals surface area contributed by atoms with Crippen molar-refractivity contribution in [2.75, 3.05) is 6.61 Å². The van der Waals surface area contributed by atoms with E-state index in [1.165, 1.54) is 0 Å². The Hall–Kier alpha value is 0.708. The molecule has 21 heavy (non-hydrogen) atoms. The third-order valence-corrected chi connectivity index (χ3v) is 14.2. The molecule has 0 N–H and O–H groups in total. The first kappa shape index (κ1) is 21.7. The molecular weight excluding hydrogens is 332 g/mol. The zero-order chi connectivity index (χ0) is 16.9. The first-order valence-corrected chi connectivity index (χ1v) is 19.8. The Morgan fingerprint density at radius 2 is 1.00 bits per heavy atom. The first-order valence-electron chi connectivity index (χ1n) is 7.66. The summed E-state index contributed by atoms with van der Waals surface area (Å²) in [7, 11) is -4.47. The van der Waals surface area contributed by atoms with E-state index in [1.807, 2.05) is 0 Å². The van der Waals surface area contributed by atoms with Gasteiger partial charge >= 0.3 is 8.80 Å². The fourth-order valence-corrected chi connectivity index (χ4v) is 16.6. The van der Waals surface area contributed by atoms with Crippen LogP contribution in [0, 0.1) is 7.11 Å². The molecular formula is C13H35O4Si4. The quantitative estimate of drug-likeness (QED) is 0.415. The van der Waals surface area contributed by atoms with Gasteiger partial charge in [0, 0.05) is 12.7 Å². The largest absolute Gasteiger partial charge is 0.469 e. The fourth-order valence-electron chi connectivity index (χ4n) is 2.01. The van der Waals surface area contributed by atoms with Gasteiger partial charge < -0.3 is 17.1 Å². The molecule has 0 amide bonds. The van der Waals surface area contributed by atoms with Crippen LogP contribution in [0.3, 0.4) is 0 Å². The predicted molar refractivity (Wildman–Crippen MR) is 99.8 cm³/mol. The lowest BCUT2D eigenvalue weighted by molar-refractivity contribution is 0.219. The van der Waals surface area contributed by atoms with Gasteiger partial charge in [0.1, 0.15) is 0 Å². The molecule has 0 spiro atoms. The average molecular weight is 368 g/mol. The second-order valence-corrected chi connectivity index (χ2v) is 25.3. The summed E-state index contributed by atoms with van der Waals surface area (Å²) in [5.74, 6) is 0. The van der Waals surface area contributed by atoms with Gasteiger partial charge in [-0.2, -0.15) is 0 Å². The average Bonchev–Trinajstić information content (AvgIpc) is 2.08. The molecule has 0 rings (SSSR count). The summed E-state index contributed by atoms with van der Waals surface area (Å²) in [6.45, 7) is 20.4. The lowest BCUT2D eigenvalue weighted by atomic mass is 10.5. The van der Waals surface area contributed by atoms with Crippen molar-refractivity contribution in [1.29, 1.82) is 0 Å². The van der Waals surface area contributed by atoms with Crippen molar-refractivity contribution in [3.8, 4) is 0 Å². The van der Waals surface area contributed by atoms with Crippen LogP contribution >= 0.6 is 0 Å². The van der Waals surface area contributed by atoms with Crippen LogP contribution < -0.4 is 0 Å². The molecule has 0 aliphatic carbocycles. The Kier molecular flexibility index (Phi) is 8.27. The van der Waals surface area contributed by atoms with Crippen LogP contribution in [0.1, 0.15) is 6.42 Å². The molecule has 0 aliphatic heterocycles. The summed E-state index contributed by atoms with van der Waals surface area (Å²) in [5.41, 5.74) is 0. The molecule has 0 heterocycles. The highest BCUT2D eigenvalue weighted by Crippen LogP contribution is 2.29. The van der Waals surface area contributed by atoms with Crippen molar-refractivity contribution < 1.29 is 17.1 Å². The molecule has 4 nitrogen and oxygen atoms in total. The Balaban J connectivity index is 5.36. The smallest absolute Gasteiger partial charge is 0.417 e. The summed E-state index contributed by atoms with van der Waals surface area (Å²) in [6.07, 6.45) is 0.870. The van der Waals surface area contributed by atoms with Crippen molar-refractivity contribution in [3.63, 3.8) is 0 Å². The maximum absolute atomic E-state index is 6.55. The van der Waals surface area contributed by atoms with E-state index < -0.39 is 33.8 Å². The zero-order valence-electron chi connectivity index (χ0n) is 15.5. The molecule has 0 aromatic rings. The summed E-state index contributed by atoms with van der Waals surface area (Å²) in [6, 6.07) is 0.821. The lowest BCUT2D eigenvalue weighted by Crippen LogP contribution is -2.60. The van der Waals surface area contributed by atoms with Gasteiger partial charge in [-0.25, -0.2) is 0 Å². The van der Waals surface area contributed by atoms with Gasteiger partial charge in [0.25, 0.3) is 0 Å². The van der Waals surface area contributed by atoms with E-state index in [4.69, 9.17) is 17.1 Å². The van der Waals surface area contributed by atoms with Crippen LogP contribution in [0.2, 0.25) is 65.0 Å². The molecule has 0 aliphatic rings. The number of hydrogen-bond donors (Lipinski definition) is 0. The molecule has 127 valence electrons. The fraction of sp³-hybridized carbons (Fsp3) is 0.923. The third kappa shape index (κ3) is 11.9. The molecule has 8 heteroatoms. The monoisotopic (exact) mass is 367 g/mol. The highest BCUT2D eigenvalue weighted by Gasteiger charge is 2.49. The zero-order valence-corrected chi connectivity index (χ0v) is 19.5. The van der Waals surface area contributed by atoms with Gasteiger partial charge in [-0.15, -0.1) is 0 Å². The van der Waals surface area contributed by atoms with E-state index in [0.717, 1.165) is 12.5 Å². The topological polar surface area (TPSA) is 36.9 Å². The standard InChI is InChI=1S/C13H35O4Si4/c1-14-12-11-13-21(15-18(2,3)4,16-19(5,6)7)17-20(8,9)10/h1,11-13H2,2-10H3. The summed E-state index contributed by atoms with van der Waals surface area (Å²) >= 11 is 0. The Morgan fingerprint density at radius 3 is 1.24 bits per heavy atom. The van der Waals surface area contributed by atoms with Gasteiger partial charge in [0.05, 0.1) is 7.11 Å². The van der Waals surface area contributed by atoms with Crippen molar-refractivity contribution in [3.05, 3.63) is 7.11 Å². The summed E-state index contributed by atoms with van der Waals surface area (Å²) in [4.78, 5) is 0. The maximum atomic E-state index is 6.55. The van der Waals surface area contributed by atoms with E-state index in [2.05, 4.69) is 66.0 Å². The van der Waals surface area contributed by atoms with Crippen LogP contribution in [0.25, 0.3) is 0 Å². The van der Waals surface area contributed by atoms with Crippen molar-refractivity contribution in [1.82, 2.24) is 0 Å². The minimum Gasteiger partial charge on any atom is -0.417 e. The Morgan fingerprint density at radius 1 is 0.667 bits per heavy atom. The molecule has 0 aromatic heterocycles. The minimum atomic E-state index is -2.66. The van der Waals surface area contributed by atoms with Crippen LogP contribution in [0.4, 0.5) is 0 Å². The van der Waals surface area contributed by atoms with Crippen LogP contribution in [-0.4, -0.2) is 40.4 Å². The highest BCUT2D eigenvalue weighted by atomic mass is 28.5. The third-order valence-electron chi connectivity index (χ3n) is 2.16. The Bertz CT molecular complexity index is 264. The second-order valence-electron chi connectivity index (χ2n) is 8.34. The van der Waals surface area contributed by atoms with Gasteiger partial charge in [-0.05, 0) is 65.3 Å². The van der Waals surface area contributed by atoms with Gasteiger partial charge in [-0.1, -0.05) is 0 Å². The van der Waals surface area contributed by atoms with E-state index in [0.29, 0.717) is 6.61 Å². The number of hydrogen-bond acceptors (Lipinski definition) is 4. The SMILES string of the molecule is [CH2]OCCC[Si](O[Si](C)(C)C)(O[Si](C)(C)C)O[Si](C)(C)C. The molecule has 1 radical (unpaired) electrons. The molecule has 0 saturated carbocycles. The van der Waals surface area contributed by atoms with E-state index >= 15 is 0 Å².